The Hall–Kier alpha value is -1.45. The molecule has 0 amide bonds. The van der Waals surface area contributed by atoms with Gasteiger partial charge in [-0.15, -0.1) is 0 Å². The molecule has 1 aliphatic rings. The highest BCUT2D eigenvalue weighted by Gasteiger charge is 2.33. The van der Waals surface area contributed by atoms with Crippen molar-refractivity contribution >= 4 is 39.5 Å². The highest BCUT2D eigenvalue weighted by molar-refractivity contribution is 7.89. The highest BCUT2D eigenvalue weighted by Crippen LogP contribution is 2.28. The monoisotopic (exact) mass is 444 g/mol. The molecule has 28 heavy (non-hydrogen) atoms. The molecule has 0 bridgehead atoms. The van der Waals surface area contributed by atoms with E-state index in [-0.39, 0.29) is 28.5 Å². The molecule has 7 nitrogen and oxygen atoms in total. The summed E-state index contributed by atoms with van der Waals surface area (Å²) in [6.45, 7) is 2.48. The van der Waals surface area contributed by atoms with Crippen molar-refractivity contribution in [3.63, 3.8) is 0 Å². The highest BCUT2D eigenvalue weighted by atomic mass is 35.5. The fraction of sp³-hybridized carbons (Fsp3) is 0.444. The molecule has 3 rings (SSSR count). The third-order valence-corrected chi connectivity index (χ3v) is 7.55. The number of halogens is 2. The first-order chi connectivity index (χ1) is 13.3. The van der Waals surface area contributed by atoms with Crippen LogP contribution < -0.4 is 5.32 Å². The molecule has 1 unspecified atom stereocenters. The molecule has 0 spiro atoms. The van der Waals surface area contributed by atoms with Gasteiger partial charge in [-0.25, -0.2) is 13.4 Å². The zero-order valence-electron chi connectivity index (χ0n) is 15.7. The van der Waals surface area contributed by atoms with Crippen LogP contribution in [0, 0.1) is 6.92 Å². The van der Waals surface area contributed by atoms with Crippen LogP contribution in [0.3, 0.4) is 0 Å². The van der Waals surface area contributed by atoms with Crippen molar-refractivity contribution in [1.29, 1.82) is 0 Å². The normalized spacial score (nSPS) is 18.4. The van der Waals surface area contributed by atoms with Gasteiger partial charge in [0.05, 0.1) is 17.6 Å². The van der Waals surface area contributed by atoms with E-state index in [1.165, 1.54) is 10.4 Å². The van der Waals surface area contributed by atoms with Crippen LogP contribution in [0.5, 0.6) is 0 Å². The number of benzene rings is 1. The molecule has 0 aliphatic carbocycles. The number of carbonyl (C=O) groups excluding carboxylic acids is 1. The molecule has 1 aromatic carbocycles. The second kappa shape index (κ2) is 8.51. The summed E-state index contributed by atoms with van der Waals surface area (Å²) in [4.78, 5) is 15.5. The zero-order chi connectivity index (χ0) is 20.5. The molecule has 10 heteroatoms. The fourth-order valence-electron chi connectivity index (χ4n) is 3.46. The maximum Gasteiger partial charge on any atom is 0.244 e. The molecular weight excluding hydrogens is 423 g/mol. The van der Waals surface area contributed by atoms with E-state index in [4.69, 9.17) is 23.2 Å². The summed E-state index contributed by atoms with van der Waals surface area (Å²) in [6.07, 6.45) is 3.02. The Morgan fingerprint density at radius 1 is 1.32 bits per heavy atom. The lowest BCUT2D eigenvalue weighted by molar-refractivity contribution is 0.111. The van der Waals surface area contributed by atoms with E-state index >= 15 is 0 Å². The molecule has 1 aromatic heterocycles. The Bertz CT molecular complexity index is 991. The number of nitrogens with one attached hydrogen (secondary N) is 1. The maximum absolute atomic E-state index is 13.1. The Kier molecular flexibility index (Phi) is 6.46. The number of carbonyl (C=O) groups is 1. The lowest BCUT2D eigenvalue weighted by Crippen LogP contribution is -2.50. The Balaban J connectivity index is 1.91. The molecule has 1 saturated heterocycles. The summed E-state index contributed by atoms with van der Waals surface area (Å²) in [7, 11) is -1.90. The molecule has 1 aliphatic heterocycles. The Morgan fingerprint density at radius 3 is 2.71 bits per heavy atom. The smallest absolute Gasteiger partial charge is 0.244 e. The van der Waals surface area contributed by atoms with Gasteiger partial charge in [0, 0.05) is 11.6 Å². The van der Waals surface area contributed by atoms with Crippen LogP contribution in [-0.2, 0) is 16.6 Å². The molecule has 0 saturated carbocycles. The molecule has 0 radical (unpaired) electrons. The molecule has 1 N–H and O–H groups in total. The van der Waals surface area contributed by atoms with Gasteiger partial charge in [0.15, 0.2) is 11.4 Å². The Labute approximate surface area is 174 Å². The van der Waals surface area contributed by atoms with Gasteiger partial charge < -0.3 is 9.88 Å². The third kappa shape index (κ3) is 3.97. The van der Waals surface area contributed by atoms with Gasteiger partial charge in [-0.05, 0) is 50.9 Å². The molecule has 2 aromatic rings. The SMILES string of the molecule is CNC1CCCCN1S(=O)(=O)c1ccc(Cn2c(C)nc(Cl)c2C=O)c(Cl)c1. The van der Waals surface area contributed by atoms with Gasteiger partial charge in [0.25, 0.3) is 0 Å². The van der Waals surface area contributed by atoms with Crippen molar-refractivity contribution in [3.05, 3.63) is 45.5 Å². The topological polar surface area (TPSA) is 84.3 Å². The average Bonchev–Trinajstić information content (AvgIpc) is 2.95. The standard InChI is InChI=1S/C18H22Cl2N4O3S/c1-12-22-18(20)16(11-25)23(12)10-13-6-7-14(9-15(13)19)28(26,27)24-8-4-3-5-17(24)21-2/h6-7,9,11,17,21H,3-5,8,10H2,1-2H3. The van der Waals surface area contributed by atoms with Crippen molar-refractivity contribution in [2.24, 2.45) is 0 Å². The summed E-state index contributed by atoms with van der Waals surface area (Å²) in [5, 5.41) is 3.50. The third-order valence-electron chi connectivity index (χ3n) is 5.01. The van der Waals surface area contributed by atoms with Crippen molar-refractivity contribution in [3.8, 4) is 0 Å². The minimum atomic E-state index is -3.66. The molecule has 1 fully saturated rings. The van der Waals surface area contributed by atoms with Gasteiger partial charge in [-0.3, -0.25) is 4.79 Å². The predicted octanol–water partition coefficient (Wildman–Crippen LogP) is 3.08. The fourth-order valence-corrected chi connectivity index (χ4v) is 5.73. The lowest BCUT2D eigenvalue weighted by atomic mass is 10.1. The number of hydrogen-bond donors (Lipinski definition) is 1. The number of nitrogens with zero attached hydrogens (tertiary/aromatic N) is 3. The number of imidazole rings is 1. The zero-order valence-corrected chi connectivity index (χ0v) is 18.0. The second-order valence-corrected chi connectivity index (χ2v) is 9.36. The van der Waals surface area contributed by atoms with E-state index in [0.29, 0.717) is 29.2 Å². The number of sulfonamides is 1. The molecule has 152 valence electrons. The summed E-state index contributed by atoms with van der Waals surface area (Å²) >= 11 is 12.4. The molecule has 2 heterocycles. The summed E-state index contributed by atoms with van der Waals surface area (Å²) in [6, 6.07) is 4.67. The average molecular weight is 445 g/mol. The number of rotatable bonds is 6. The van der Waals surface area contributed by atoms with E-state index in [2.05, 4.69) is 10.3 Å². The number of aryl methyl sites for hydroxylation is 1. The summed E-state index contributed by atoms with van der Waals surface area (Å²) in [5.74, 6) is 0.574. The van der Waals surface area contributed by atoms with E-state index in [0.717, 1.165) is 19.3 Å². The minimum Gasteiger partial charge on any atom is -0.320 e. The number of piperidine rings is 1. The van der Waals surface area contributed by atoms with Crippen molar-refractivity contribution < 1.29 is 13.2 Å². The first kappa shape index (κ1) is 21.3. The maximum atomic E-state index is 13.1. The molecule has 1 atom stereocenters. The van der Waals surface area contributed by atoms with Crippen molar-refractivity contribution in [1.82, 2.24) is 19.2 Å². The number of aromatic nitrogens is 2. The van der Waals surface area contributed by atoms with E-state index in [1.54, 1.807) is 30.7 Å². The predicted molar refractivity (Wildman–Crippen MR) is 109 cm³/mol. The Morgan fingerprint density at radius 2 is 2.07 bits per heavy atom. The van der Waals surface area contributed by atoms with Crippen LogP contribution in [0.1, 0.15) is 41.1 Å². The first-order valence-corrected chi connectivity index (χ1v) is 11.1. The van der Waals surface area contributed by atoms with Crippen LogP contribution in [0.15, 0.2) is 23.1 Å². The number of aldehydes is 1. The van der Waals surface area contributed by atoms with Gasteiger partial charge >= 0.3 is 0 Å². The van der Waals surface area contributed by atoms with Gasteiger partial charge in [-0.2, -0.15) is 4.31 Å². The quantitative estimate of drug-likeness (QED) is 0.691. The molecular formula is C18H22Cl2N4O3S. The van der Waals surface area contributed by atoms with E-state index in [9.17, 15) is 13.2 Å². The summed E-state index contributed by atoms with van der Waals surface area (Å²) < 4.78 is 29.3. The summed E-state index contributed by atoms with van der Waals surface area (Å²) in [5.41, 5.74) is 0.932. The van der Waals surface area contributed by atoms with Gasteiger partial charge in [0.1, 0.15) is 11.5 Å². The van der Waals surface area contributed by atoms with Crippen LogP contribution >= 0.6 is 23.2 Å². The first-order valence-electron chi connectivity index (χ1n) is 8.95. The van der Waals surface area contributed by atoms with Crippen LogP contribution in [0.25, 0.3) is 0 Å². The van der Waals surface area contributed by atoms with Crippen molar-refractivity contribution in [2.75, 3.05) is 13.6 Å². The largest absolute Gasteiger partial charge is 0.320 e. The van der Waals surface area contributed by atoms with Crippen LogP contribution in [0.2, 0.25) is 10.2 Å². The van der Waals surface area contributed by atoms with Crippen molar-refractivity contribution in [2.45, 2.75) is 43.8 Å². The number of hydrogen-bond acceptors (Lipinski definition) is 5. The van der Waals surface area contributed by atoms with Gasteiger partial charge in [0.2, 0.25) is 10.0 Å². The van der Waals surface area contributed by atoms with E-state index < -0.39 is 10.0 Å². The van der Waals surface area contributed by atoms with Crippen LogP contribution in [-0.4, -0.2) is 48.3 Å². The van der Waals surface area contributed by atoms with Crippen LogP contribution in [0.4, 0.5) is 0 Å². The van der Waals surface area contributed by atoms with Gasteiger partial charge in [-0.1, -0.05) is 29.3 Å². The lowest BCUT2D eigenvalue weighted by Gasteiger charge is -2.34. The van der Waals surface area contributed by atoms with E-state index in [1.807, 2.05) is 0 Å². The second-order valence-electron chi connectivity index (χ2n) is 6.71. The minimum absolute atomic E-state index is 0.131.